The molecule has 6 aliphatic rings. The summed E-state index contributed by atoms with van der Waals surface area (Å²) in [6.07, 6.45) is 7.75. The predicted molar refractivity (Wildman–Crippen MR) is 220 cm³/mol. The standard InChI is InChI=1S/C46H57N4O9/c1-8-42(54)23-28-24-45(40(52)57-6,36-30(15-19-49(25-28)26-42)29-13-10-11-14-33(29)47-36)32-21-31-34(22-35(32)56-5)48(4)38-44(31)17-20-50-18-12-16-43(9-2,37(44)50)39(59-27(3)51)46(38,55)41(53)58-7/h10-14,16,21-22,26,28,37-39,47,54-55H,8-9,15,17-20,23-25H2,1-7H3/q+1/t28-,37+,38-,39-,42?,43-,44-,45+,46+/m1/s1. The van der Waals surface area contributed by atoms with E-state index in [2.05, 4.69) is 32.7 Å². The van der Waals surface area contributed by atoms with Gasteiger partial charge in [0.1, 0.15) is 29.9 Å². The van der Waals surface area contributed by atoms with E-state index < -0.39 is 57.5 Å². The number of ether oxygens (including phenoxy) is 4. The molecule has 3 aromatic rings. The molecular formula is C46H57N4O9+. The smallest absolute Gasteiger partial charge is 0.344 e. The molecule has 2 bridgehead atoms. The van der Waals surface area contributed by atoms with Crippen LogP contribution >= 0.6 is 0 Å². The Bertz CT molecular complexity index is 2320. The minimum atomic E-state index is -2.30. The topological polar surface area (TPSA) is 154 Å². The number of carbonyl (C=O) groups excluding carboxylic acids is 3. The molecule has 13 heteroatoms. The van der Waals surface area contributed by atoms with Crippen molar-refractivity contribution < 1.29 is 48.1 Å². The summed E-state index contributed by atoms with van der Waals surface area (Å²) in [7, 11) is 6.14. The molecule has 5 aliphatic heterocycles. The number of H-pyrrole nitrogens is 1. The fraction of sp³-hybridized carbons (Fsp3) is 0.565. The van der Waals surface area contributed by atoms with Crippen molar-refractivity contribution in [2.75, 3.05) is 59.5 Å². The molecule has 3 N–H and O–H groups in total. The number of rotatable bonds is 7. The maximum atomic E-state index is 15.3. The highest BCUT2D eigenvalue weighted by molar-refractivity contribution is 5.95. The van der Waals surface area contributed by atoms with Crippen molar-refractivity contribution in [1.29, 1.82) is 0 Å². The summed E-state index contributed by atoms with van der Waals surface area (Å²) >= 11 is 0. The first-order valence-electron chi connectivity index (χ1n) is 21.1. The second-order valence-electron chi connectivity index (χ2n) is 18.0. The summed E-state index contributed by atoms with van der Waals surface area (Å²) in [6, 6.07) is 10.9. The first kappa shape index (κ1) is 39.7. The monoisotopic (exact) mass is 809 g/mol. The lowest BCUT2D eigenvalue weighted by Gasteiger charge is -2.63. The van der Waals surface area contributed by atoms with Crippen LogP contribution in [0.3, 0.4) is 0 Å². The lowest BCUT2D eigenvalue weighted by atomic mass is 9.47. The van der Waals surface area contributed by atoms with Gasteiger partial charge in [-0.2, -0.15) is 0 Å². The van der Waals surface area contributed by atoms with Crippen LogP contribution < -0.4 is 9.64 Å². The maximum absolute atomic E-state index is 15.3. The third-order valence-electron chi connectivity index (χ3n) is 15.4. The first-order valence-corrected chi connectivity index (χ1v) is 21.1. The number of hydrogen-bond acceptors (Lipinski definition) is 11. The van der Waals surface area contributed by atoms with E-state index >= 15 is 4.79 Å². The molecular weight excluding hydrogens is 753 g/mol. The Morgan fingerprint density at radius 3 is 2.44 bits per heavy atom. The van der Waals surface area contributed by atoms with E-state index in [4.69, 9.17) is 18.9 Å². The van der Waals surface area contributed by atoms with E-state index in [0.717, 1.165) is 33.4 Å². The van der Waals surface area contributed by atoms with E-state index in [1.54, 1.807) is 7.11 Å². The number of aromatic amines is 1. The Hall–Kier alpha value is -4.72. The molecule has 2 aromatic carbocycles. The number of esters is 3. The molecule has 1 unspecified atom stereocenters. The summed E-state index contributed by atoms with van der Waals surface area (Å²) in [5, 5.41) is 26.3. The SMILES string of the molecule is CCC1(O)C=[N+]2CCc3c([nH]c4ccccc34)[C@@](C(=O)OC)(c3cc4c(cc3OC)N(C)[C@H]3[C@@](O)(C(=O)OC)[C@H](OC(C)=O)[C@]5(CC)C=CCN6CC[C@]43[C@@H]65)C[C@H](C2)C1. The normalized spacial score (nSPS) is 35.6. The molecule has 0 amide bonds. The van der Waals surface area contributed by atoms with Gasteiger partial charge in [-0.05, 0) is 61.9 Å². The van der Waals surface area contributed by atoms with Gasteiger partial charge in [0, 0.05) is 83.6 Å². The van der Waals surface area contributed by atoms with Gasteiger partial charge in [0.05, 0.1) is 27.4 Å². The quantitative estimate of drug-likeness (QED) is 0.138. The zero-order valence-electron chi connectivity index (χ0n) is 35.2. The van der Waals surface area contributed by atoms with Crippen molar-refractivity contribution in [3.8, 4) is 5.75 Å². The minimum absolute atomic E-state index is 0.130. The molecule has 59 heavy (non-hydrogen) atoms. The fourth-order valence-corrected chi connectivity index (χ4v) is 13.3. The Labute approximate surface area is 344 Å². The molecule has 1 aromatic heterocycles. The van der Waals surface area contributed by atoms with Gasteiger partial charge in [0.15, 0.2) is 12.3 Å². The zero-order chi connectivity index (χ0) is 41.9. The van der Waals surface area contributed by atoms with E-state index in [1.165, 1.54) is 21.1 Å². The predicted octanol–water partition coefficient (Wildman–Crippen LogP) is 3.77. The number of anilines is 1. The average molecular weight is 810 g/mol. The highest BCUT2D eigenvalue weighted by atomic mass is 16.6. The van der Waals surface area contributed by atoms with E-state index in [9.17, 15) is 19.8 Å². The third-order valence-corrected chi connectivity index (χ3v) is 15.4. The van der Waals surface area contributed by atoms with Crippen molar-refractivity contribution in [2.45, 2.75) is 99.5 Å². The zero-order valence-corrected chi connectivity index (χ0v) is 35.2. The second-order valence-corrected chi connectivity index (χ2v) is 18.0. The van der Waals surface area contributed by atoms with Crippen LogP contribution in [-0.4, -0.2) is 133 Å². The number of nitrogens with one attached hydrogen (secondary N) is 1. The number of hydrogen-bond donors (Lipinski definition) is 3. The van der Waals surface area contributed by atoms with Crippen LogP contribution in [0.4, 0.5) is 5.69 Å². The van der Waals surface area contributed by atoms with Gasteiger partial charge in [-0.3, -0.25) is 14.5 Å². The molecule has 13 nitrogen and oxygen atoms in total. The molecule has 1 saturated carbocycles. The van der Waals surface area contributed by atoms with Gasteiger partial charge < -0.3 is 39.0 Å². The van der Waals surface area contributed by atoms with Gasteiger partial charge in [0.25, 0.3) is 0 Å². The lowest BCUT2D eigenvalue weighted by molar-refractivity contribution is -0.540. The third kappa shape index (κ3) is 5.13. The molecule has 2 fully saturated rings. The summed E-state index contributed by atoms with van der Waals surface area (Å²) in [6.45, 7) is 7.91. The van der Waals surface area contributed by atoms with Gasteiger partial charge >= 0.3 is 17.9 Å². The summed E-state index contributed by atoms with van der Waals surface area (Å²) in [4.78, 5) is 50.8. The highest BCUT2D eigenvalue weighted by Gasteiger charge is 2.80. The van der Waals surface area contributed by atoms with Crippen LogP contribution in [0.25, 0.3) is 10.9 Å². The lowest BCUT2D eigenvalue weighted by Crippen LogP contribution is -2.81. The fourth-order valence-electron chi connectivity index (χ4n) is 13.3. The highest BCUT2D eigenvalue weighted by Crippen LogP contribution is 2.68. The number of likely N-dealkylation sites (N-methyl/N-ethyl adjacent to an activating group) is 1. The van der Waals surface area contributed by atoms with Crippen LogP contribution in [-0.2, 0) is 45.8 Å². The van der Waals surface area contributed by atoms with Crippen LogP contribution in [0.1, 0.15) is 75.3 Å². The summed E-state index contributed by atoms with van der Waals surface area (Å²) in [5.74, 6) is -1.62. The molecule has 1 aliphatic carbocycles. The molecule has 9 rings (SSSR count). The van der Waals surface area contributed by atoms with E-state index in [-0.39, 0.29) is 12.0 Å². The summed E-state index contributed by atoms with van der Waals surface area (Å²) in [5.41, 5.74) is -1.84. The van der Waals surface area contributed by atoms with Crippen LogP contribution in [0.2, 0.25) is 0 Å². The van der Waals surface area contributed by atoms with Gasteiger partial charge in [0.2, 0.25) is 5.60 Å². The Morgan fingerprint density at radius 2 is 1.75 bits per heavy atom. The molecule has 0 radical (unpaired) electrons. The minimum Gasteiger partial charge on any atom is -0.496 e. The van der Waals surface area contributed by atoms with Gasteiger partial charge in [-0.1, -0.05) is 44.2 Å². The largest absolute Gasteiger partial charge is 0.496 e. The van der Waals surface area contributed by atoms with Crippen molar-refractivity contribution >= 4 is 40.7 Å². The molecule has 1 spiro atoms. The van der Waals surface area contributed by atoms with Crippen molar-refractivity contribution in [3.05, 3.63) is 70.9 Å². The van der Waals surface area contributed by atoms with Crippen molar-refractivity contribution in [1.82, 2.24) is 9.88 Å². The number of benzene rings is 2. The van der Waals surface area contributed by atoms with E-state index in [0.29, 0.717) is 76.0 Å². The van der Waals surface area contributed by atoms with E-state index in [1.807, 2.05) is 62.4 Å². The Balaban J connectivity index is 1.37. The molecule has 1 saturated heterocycles. The van der Waals surface area contributed by atoms with Gasteiger partial charge in [-0.25, -0.2) is 9.37 Å². The molecule has 6 heterocycles. The Kier molecular flexibility index (Phi) is 9.19. The molecule has 314 valence electrons. The first-order chi connectivity index (χ1) is 28.2. The second kappa shape index (κ2) is 13.7. The van der Waals surface area contributed by atoms with Crippen molar-refractivity contribution in [2.24, 2.45) is 11.3 Å². The number of methoxy groups -OCH3 is 3. The van der Waals surface area contributed by atoms with Gasteiger partial charge in [-0.15, -0.1) is 0 Å². The number of fused-ring (bicyclic) bond motifs is 6. The van der Waals surface area contributed by atoms with Crippen LogP contribution in [0.15, 0.2) is 48.6 Å². The number of aliphatic hydroxyl groups is 2. The number of aromatic nitrogens is 1. The molecule has 9 atom stereocenters. The average Bonchev–Trinajstić information content (AvgIpc) is 3.90. The number of para-hydroxylation sites is 1. The Morgan fingerprint density at radius 1 is 0.983 bits per heavy atom. The number of carbonyl (C=O) groups is 3. The van der Waals surface area contributed by atoms with Crippen LogP contribution in [0.5, 0.6) is 5.75 Å². The van der Waals surface area contributed by atoms with Crippen molar-refractivity contribution in [3.63, 3.8) is 0 Å². The van der Waals surface area contributed by atoms with Crippen LogP contribution in [0, 0.1) is 11.3 Å². The number of nitrogens with zero attached hydrogens (tertiary/aromatic N) is 3. The summed E-state index contributed by atoms with van der Waals surface area (Å²) < 4.78 is 26.1. The maximum Gasteiger partial charge on any atom is 0.344 e.